The van der Waals surface area contributed by atoms with Crippen molar-refractivity contribution in [1.82, 2.24) is 15.1 Å². The first-order valence-corrected chi connectivity index (χ1v) is 14.8. The highest BCUT2D eigenvalue weighted by Gasteiger charge is 2.27. The summed E-state index contributed by atoms with van der Waals surface area (Å²) in [5, 5.41) is 15.3. The molecule has 0 spiro atoms. The number of urea groups is 1. The number of amides is 4. The van der Waals surface area contributed by atoms with Crippen molar-refractivity contribution in [3.63, 3.8) is 0 Å². The van der Waals surface area contributed by atoms with E-state index in [9.17, 15) is 14.4 Å². The fourth-order valence-corrected chi connectivity index (χ4v) is 5.78. The number of benzene rings is 2. The molecule has 4 N–H and O–H groups in total. The Labute approximate surface area is 246 Å². The quantitative estimate of drug-likeness (QED) is 0.499. The summed E-state index contributed by atoms with van der Waals surface area (Å²) in [6, 6.07) is 14.2. The Morgan fingerprint density at radius 2 is 1.52 bits per heavy atom. The number of ether oxygens (including phenoxy) is 1. The lowest BCUT2D eigenvalue weighted by Gasteiger charge is -2.32. The maximum atomic E-state index is 13.3. The molecule has 2 saturated heterocycles. The molecule has 4 amide bonds. The van der Waals surface area contributed by atoms with E-state index in [0.29, 0.717) is 74.9 Å². The van der Waals surface area contributed by atoms with Crippen LogP contribution in [0.4, 0.5) is 16.2 Å². The summed E-state index contributed by atoms with van der Waals surface area (Å²) >= 11 is 0. The van der Waals surface area contributed by atoms with Crippen molar-refractivity contribution in [2.75, 3.05) is 62.7 Å². The Kier molecular flexibility index (Phi) is 9.56. The van der Waals surface area contributed by atoms with Gasteiger partial charge in [0.05, 0.1) is 36.2 Å². The van der Waals surface area contributed by atoms with Gasteiger partial charge >= 0.3 is 6.03 Å². The Morgan fingerprint density at radius 1 is 0.833 bits per heavy atom. The Balaban J connectivity index is 1.34. The summed E-state index contributed by atoms with van der Waals surface area (Å²) in [6.45, 7) is 4.79. The molecule has 3 aliphatic rings. The molecule has 0 radical (unpaired) electrons. The van der Waals surface area contributed by atoms with Crippen LogP contribution in [0.2, 0.25) is 0 Å². The largest absolute Gasteiger partial charge is 0.378 e. The minimum Gasteiger partial charge on any atom is -0.378 e. The summed E-state index contributed by atoms with van der Waals surface area (Å²) in [4.78, 5) is 45.5. The normalized spacial score (nSPS) is 21.2. The Bertz CT molecular complexity index is 1310. The number of hydrogen-bond acceptors (Lipinski definition) is 7. The third-order valence-electron chi connectivity index (χ3n) is 8.28. The van der Waals surface area contributed by atoms with Crippen LogP contribution in [0.15, 0.2) is 42.5 Å². The van der Waals surface area contributed by atoms with Crippen molar-refractivity contribution >= 4 is 29.2 Å². The van der Waals surface area contributed by atoms with Gasteiger partial charge in [0.15, 0.2) is 0 Å². The number of hydrogen-bond donors (Lipinski definition) is 3. The van der Waals surface area contributed by atoms with Crippen LogP contribution in [0.25, 0.3) is 0 Å². The molecule has 11 nitrogen and oxygen atoms in total. The summed E-state index contributed by atoms with van der Waals surface area (Å²) in [5.74, 6) is -0.521. The molecule has 2 aliphatic heterocycles. The van der Waals surface area contributed by atoms with E-state index in [1.807, 2.05) is 15.9 Å². The van der Waals surface area contributed by atoms with Gasteiger partial charge < -0.3 is 35.8 Å². The Morgan fingerprint density at radius 3 is 2.24 bits per heavy atom. The van der Waals surface area contributed by atoms with E-state index in [4.69, 9.17) is 15.7 Å². The van der Waals surface area contributed by atoms with E-state index in [2.05, 4.69) is 21.6 Å². The molecular weight excluding hydrogens is 534 g/mol. The van der Waals surface area contributed by atoms with E-state index in [1.54, 1.807) is 36.4 Å². The molecule has 11 heteroatoms. The summed E-state index contributed by atoms with van der Waals surface area (Å²) in [6.07, 6.45) is 4.23. The molecule has 42 heavy (non-hydrogen) atoms. The highest BCUT2D eigenvalue weighted by Crippen LogP contribution is 2.30. The lowest BCUT2D eigenvalue weighted by Crippen LogP contribution is -2.49. The molecule has 1 saturated carbocycles. The van der Waals surface area contributed by atoms with Gasteiger partial charge in [-0.1, -0.05) is 0 Å². The van der Waals surface area contributed by atoms with Crippen LogP contribution < -0.4 is 21.3 Å². The van der Waals surface area contributed by atoms with Crippen LogP contribution in [0.1, 0.15) is 58.4 Å². The zero-order valence-corrected chi connectivity index (χ0v) is 23.9. The van der Waals surface area contributed by atoms with E-state index >= 15 is 0 Å². The van der Waals surface area contributed by atoms with Crippen LogP contribution >= 0.6 is 0 Å². The molecular formula is C31H39N7O4. The molecule has 5 rings (SSSR count). The molecule has 2 heterocycles. The van der Waals surface area contributed by atoms with Crippen molar-refractivity contribution in [3.05, 3.63) is 59.2 Å². The second-order valence-electron chi connectivity index (χ2n) is 11.2. The van der Waals surface area contributed by atoms with Crippen molar-refractivity contribution in [2.45, 2.75) is 44.2 Å². The van der Waals surface area contributed by atoms with Crippen molar-refractivity contribution in [1.29, 1.82) is 5.26 Å². The molecule has 0 bridgehead atoms. The van der Waals surface area contributed by atoms with Crippen LogP contribution in [0.3, 0.4) is 0 Å². The van der Waals surface area contributed by atoms with Crippen molar-refractivity contribution in [2.24, 2.45) is 5.73 Å². The van der Waals surface area contributed by atoms with Gasteiger partial charge in [0.25, 0.3) is 11.8 Å². The first-order chi connectivity index (χ1) is 20.4. The fourth-order valence-electron chi connectivity index (χ4n) is 5.78. The molecule has 1 aliphatic carbocycles. The number of nitrogens with zero attached hydrogens (tertiary/aromatic N) is 4. The predicted molar refractivity (Wildman–Crippen MR) is 159 cm³/mol. The predicted octanol–water partition coefficient (Wildman–Crippen LogP) is 2.77. The summed E-state index contributed by atoms with van der Waals surface area (Å²) < 4.78 is 5.40. The van der Waals surface area contributed by atoms with Gasteiger partial charge in [-0.25, -0.2) is 4.79 Å². The topological polar surface area (TPSA) is 144 Å². The number of nitriles is 1. The van der Waals surface area contributed by atoms with Crippen LogP contribution in [-0.2, 0) is 4.74 Å². The van der Waals surface area contributed by atoms with Crippen molar-refractivity contribution < 1.29 is 19.1 Å². The third kappa shape index (κ3) is 7.19. The minimum absolute atomic E-state index is 0.0326. The standard InChI is InChI=1S/C31H39N7O4/c32-21-22-2-4-23(5-3-22)29(39)35-27-20-24(30(40)34-26-9-7-25(33)8-10-26)6-11-28(27)36-12-1-13-37(15-14-36)31(41)38-16-18-42-19-17-38/h2-6,11,20,25-26H,1,7-10,12-19,33H2,(H,34,40)(H,35,39). The van der Waals surface area contributed by atoms with Gasteiger partial charge in [-0.3, -0.25) is 9.59 Å². The lowest BCUT2D eigenvalue weighted by atomic mass is 9.91. The van der Waals surface area contributed by atoms with E-state index < -0.39 is 0 Å². The average molecular weight is 574 g/mol. The smallest absolute Gasteiger partial charge is 0.320 e. The highest BCUT2D eigenvalue weighted by atomic mass is 16.5. The molecule has 0 atom stereocenters. The highest BCUT2D eigenvalue weighted by molar-refractivity contribution is 6.07. The zero-order valence-electron chi connectivity index (χ0n) is 23.9. The number of morpholine rings is 1. The molecule has 222 valence electrons. The van der Waals surface area contributed by atoms with E-state index in [-0.39, 0.29) is 29.9 Å². The zero-order chi connectivity index (χ0) is 29.5. The van der Waals surface area contributed by atoms with Crippen LogP contribution in [-0.4, -0.2) is 92.2 Å². The third-order valence-corrected chi connectivity index (χ3v) is 8.28. The molecule has 0 aromatic heterocycles. The maximum absolute atomic E-state index is 13.3. The first-order valence-electron chi connectivity index (χ1n) is 14.8. The Hall–Kier alpha value is -4.14. The monoisotopic (exact) mass is 573 g/mol. The number of carbonyl (C=O) groups is 3. The number of anilines is 2. The van der Waals surface area contributed by atoms with Gasteiger partial charge in [-0.15, -0.1) is 0 Å². The van der Waals surface area contributed by atoms with Gasteiger partial charge in [0.1, 0.15) is 0 Å². The molecule has 3 fully saturated rings. The number of carbonyl (C=O) groups excluding carboxylic acids is 3. The van der Waals surface area contributed by atoms with E-state index in [1.165, 1.54) is 0 Å². The van der Waals surface area contributed by atoms with Gasteiger partial charge in [0, 0.05) is 62.5 Å². The summed E-state index contributed by atoms with van der Waals surface area (Å²) in [7, 11) is 0. The SMILES string of the molecule is N#Cc1ccc(C(=O)Nc2cc(C(=O)NC3CCC(N)CC3)ccc2N2CCCN(C(=O)N3CCOCC3)CC2)cc1. The van der Waals surface area contributed by atoms with Crippen molar-refractivity contribution in [3.8, 4) is 6.07 Å². The van der Waals surface area contributed by atoms with Crippen LogP contribution in [0, 0.1) is 11.3 Å². The second kappa shape index (κ2) is 13.7. The second-order valence-corrected chi connectivity index (χ2v) is 11.2. The van der Waals surface area contributed by atoms with E-state index in [0.717, 1.165) is 37.8 Å². The molecule has 0 unspecified atom stereocenters. The fraction of sp³-hybridized carbons (Fsp3) is 0.484. The van der Waals surface area contributed by atoms with Gasteiger partial charge in [-0.2, -0.15) is 5.26 Å². The maximum Gasteiger partial charge on any atom is 0.320 e. The summed E-state index contributed by atoms with van der Waals surface area (Å²) in [5.41, 5.74) is 8.68. The number of nitrogens with one attached hydrogen (secondary N) is 2. The first kappa shape index (κ1) is 29.4. The molecule has 2 aromatic carbocycles. The van der Waals surface area contributed by atoms with Crippen LogP contribution in [0.5, 0.6) is 0 Å². The number of nitrogens with two attached hydrogens (primary N) is 1. The van der Waals surface area contributed by atoms with Gasteiger partial charge in [0.2, 0.25) is 0 Å². The molecule has 2 aromatic rings. The minimum atomic E-state index is -0.335. The number of rotatable bonds is 5. The lowest BCUT2D eigenvalue weighted by molar-refractivity contribution is 0.0438. The van der Waals surface area contributed by atoms with Gasteiger partial charge in [-0.05, 0) is 74.6 Å². The average Bonchev–Trinajstić information content (AvgIpc) is 3.28.